The van der Waals surface area contributed by atoms with Crippen LogP contribution in [0.5, 0.6) is 5.75 Å². The molecule has 2 rings (SSSR count). The van der Waals surface area contributed by atoms with Gasteiger partial charge in [-0.2, -0.15) is 0 Å². The summed E-state index contributed by atoms with van der Waals surface area (Å²) in [6.07, 6.45) is 0.481. The number of carboxylic acids is 1. The second-order valence-electron chi connectivity index (χ2n) is 4.32. The standard InChI is InChI=1S/C14H15N3O3/c1-8-12(14(18)19)13(15)17-11(16-8)7-9-3-5-10(20-2)6-4-9/h3-6H,7H2,1-2H3,(H,18,19)(H2,15,16,17). The largest absolute Gasteiger partial charge is 0.497 e. The van der Waals surface area contributed by atoms with Crippen molar-refractivity contribution in [3.8, 4) is 5.75 Å². The predicted molar refractivity (Wildman–Crippen MR) is 73.9 cm³/mol. The maximum atomic E-state index is 11.0. The number of carbonyl (C=O) groups is 1. The second-order valence-corrected chi connectivity index (χ2v) is 4.32. The molecule has 0 unspecified atom stereocenters. The molecular weight excluding hydrogens is 258 g/mol. The number of hydrogen-bond acceptors (Lipinski definition) is 5. The van der Waals surface area contributed by atoms with E-state index in [4.69, 9.17) is 15.6 Å². The van der Waals surface area contributed by atoms with Gasteiger partial charge < -0.3 is 15.6 Å². The maximum Gasteiger partial charge on any atom is 0.341 e. The van der Waals surface area contributed by atoms with Crippen molar-refractivity contribution < 1.29 is 14.6 Å². The van der Waals surface area contributed by atoms with Crippen LogP contribution in [0.3, 0.4) is 0 Å². The van der Waals surface area contributed by atoms with Crippen LogP contribution in [-0.2, 0) is 6.42 Å². The van der Waals surface area contributed by atoms with E-state index in [1.54, 1.807) is 14.0 Å². The van der Waals surface area contributed by atoms with Crippen LogP contribution in [0.25, 0.3) is 0 Å². The minimum Gasteiger partial charge on any atom is -0.497 e. The molecule has 0 radical (unpaired) electrons. The van der Waals surface area contributed by atoms with Crippen LogP contribution in [0.1, 0.15) is 27.4 Å². The van der Waals surface area contributed by atoms with Crippen LogP contribution in [0, 0.1) is 6.92 Å². The minimum absolute atomic E-state index is 0.00601. The fraction of sp³-hybridized carbons (Fsp3) is 0.214. The summed E-state index contributed by atoms with van der Waals surface area (Å²) in [7, 11) is 1.60. The Labute approximate surface area is 116 Å². The number of anilines is 1. The minimum atomic E-state index is -1.11. The summed E-state index contributed by atoms with van der Waals surface area (Å²) < 4.78 is 5.08. The molecule has 6 heteroatoms. The summed E-state index contributed by atoms with van der Waals surface area (Å²) in [6, 6.07) is 7.49. The number of methoxy groups -OCH3 is 1. The van der Waals surface area contributed by atoms with Crippen LogP contribution in [0.15, 0.2) is 24.3 Å². The molecule has 0 aliphatic carbocycles. The highest BCUT2D eigenvalue weighted by molar-refractivity contribution is 5.93. The van der Waals surface area contributed by atoms with Crippen molar-refractivity contribution in [2.24, 2.45) is 0 Å². The van der Waals surface area contributed by atoms with Crippen LogP contribution in [0.4, 0.5) is 5.82 Å². The zero-order valence-corrected chi connectivity index (χ0v) is 11.3. The van der Waals surface area contributed by atoms with E-state index in [1.807, 2.05) is 24.3 Å². The van der Waals surface area contributed by atoms with Gasteiger partial charge in [0.15, 0.2) is 0 Å². The molecule has 0 atom stereocenters. The van der Waals surface area contributed by atoms with Gasteiger partial charge in [0, 0.05) is 6.42 Å². The van der Waals surface area contributed by atoms with Crippen LogP contribution < -0.4 is 10.5 Å². The molecule has 1 aromatic carbocycles. The van der Waals surface area contributed by atoms with E-state index >= 15 is 0 Å². The van der Waals surface area contributed by atoms with Crippen molar-refractivity contribution in [2.75, 3.05) is 12.8 Å². The number of rotatable bonds is 4. The van der Waals surface area contributed by atoms with E-state index < -0.39 is 5.97 Å². The molecule has 0 aliphatic rings. The number of aromatic nitrogens is 2. The summed E-state index contributed by atoms with van der Waals surface area (Å²) in [4.78, 5) is 19.2. The number of carboxylic acid groups (broad SMARTS) is 1. The monoisotopic (exact) mass is 273 g/mol. The molecule has 0 amide bonds. The molecule has 2 aromatic rings. The Balaban J connectivity index is 2.27. The number of aryl methyl sites for hydroxylation is 1. The summed E-state index contributed by atoms with van der Waals surface area (Å²) >= 11 is 0. The average molecular weight is 273 g/mol. The Bertz CT molecular complexity index is 616. The Kier molecular flexibility index (Phi) is 3.84. The number of nitrogens with zero attached hydrogens (tertiary/aromatic N) is 2. The quantitative estimate of drug-likeness (QED) is 0.879. The third-order valence-electron chi connectivity index (χ3n) is 2.90. The Hall–Kier alpha value is -2.63. The Morgan fingerprint density at radius 2 is 1.95 bits per heavy atom. The van der Waals surface area contributed by atoms with Gasteiger partial charge in [0.2, 0.25) is 0 Å². The van der Waals surface area contributed by atoms with Crippen molar-refractivity contribution >= 4 is 11.8 Å². The number of hydrogen-bond donors (Lipinski definition) is 2. The van der Waals surface area contributed by atoms with Gasteiger partial charge in [-0.05, 0) is 24.6 Å². The fourth-order valence-corrected chi connectivity index (χ4v) is 1.92. The molecule has 6 nitrogen and oxygen atoms in total. The number of ether oxygens (including phenoxy) is 1. The lowest BCUT2D eigenvalue weighted by Gasteiger charge is -2.07. The molecule has 0 saturated carbocycles. The van der Waals surface area contributed by atoms with Crippen molar-refractivity contribution in [2.45, 2.75) is 13.3 Å². The summed E-state index contributed by atoms with van der Waals surface area (Å²) in [5.41, 5.74) is 6.99. The summed E-state index contributed by atoms with van der Waals surface area (Å²) in [6.45, 7) is 1.61. The zero-order chi connectivity index (χ0) is 14.7. The molecule has 3 N–H and O–H groups in total. The lowest BCUT2D eigenvalue weighted by atomic mass is 10.1. The van der Waals surface area contributed by atoms with Gasteiger partial charge >= 0.3 is 5.97 Å². The first-order valence-corrected chi connectivity index (χ1v) is 6.00. The number of aromatic carboxylic acids is 1. The van der Waals surface area contributed by atoms with Crippen LogP contribution in [0.2, 0.25) is 0 Å². The normalized spacial score (nSPS) is 10.3. The van der Waals surface area contributed by atoms with Crippen LogP contribution in [-0.4, -0.2) is 28.2 Å². The Morgan fingerprint density at radius 1 is 1.30 bits per heavy atom. The topological polar surface area (TPSA) is 98.3 Å². The van der Waals surface area contributed by atoms with E-state index in [0.717, 1.165) is 11.3 Å². The lowest BCUT2D eigenvalue weighted by molar-refractivity contribution is 0.0696. The van der Waals surface area contributed by atoms with Crippen molar-refractivity contribution in [1.29, 1.82) is 0 Å². The van der Waals surface area contributed by atoms with Gasteiger partial charge in [0.25, 0.3) is 0 Å². The van der Waals surface area contributed by atoms with Gasteiger partial charge in [-0.1, -0.05) is 12.1 Å². The Morgan fingerprint density at radius 3 is 2.45 bits per heavy atom. The first kappa shape index (κ1) is 13.8. The third-order valence-corrected chi connectivity index (χ3v) is 2.90. The van der Waals surface area contributed by atoms with Gasteiger partial charge in [0.1, 0.15) is 23.0 Å². The third kappa shape index (κ3) is 2.85. The van der Waals surface area contributed by atoms with E-state index in [-0.39, 0.29) is 11.4 Å². The van der Waals surface area contributed by atoms with E-state index in [1.165, 1.54) is 0 Å². The molecular formula is C14H15N3O3. The second kappa shape index (κ2) is 5.56. The van der Waals surface area contributed by atoms with E-state index in [0.29, 0.717) is 17.9 Å². The fourth-order valence-electron chi connectivity index (χ4n) is 1.92. The molecule has 0 aliphatic heterocycles. The molecule has 1 heterocycles. The number of nitrogens with two attached hydrogens (primary N) is 1. The van der Waals surface area contributed by atoms with Crippen molar-refractivity contribution in [1.82, 2.24) is 9.97 Å². The van der Waals surface area contributed by atoms with Gasteiger partial charge in [-0.3, -0.25) is 0 Å². The molecule has 0 spiro atoms. The lowest BCUT2D eigenvalue weighted by Crippen LogP contribution is -2.12. The summed E-state index contributed by atoms with van der Waals surface area (Å²) in [5, 5.41) is 9.01. The maximum absolute atomic E-state index is 11.0. The van der Waals surface area contributed by atoms with Crippen molar-refractivity contribution in [3.63, 3.8) is 0 Å². The molecule has 0 fully saturated rings. The zero-order valence-electron chi connectivity index (χ0n) is 11.3. The molecule has 104 valence electrons. The van der Waals surface area contributed by atoms with Crippen molar-refractivity contribution in [3.05, 3.63) is 46.9 Å². The van der Waals surface area contributed by atoms with Gasteiger partial charge in [-0.25, -0.2) is 14.8 Å². The molecule has 20 heavy (non-hydrogen) atoms. The molecule has 1 aromatic heterocycles. The first-order chi connectivity index (χ1) is 9.51. The van der Waals surface area contributed by atoms with Crippen LogP contribution >= 0.6 is 0 Å². The highest BCUT2D eigenvalue weighted by Gasteiger charge is 2.15. The van der Waals surface area contributed by atoms with Gasteiger partial charge in [0.05, 0.1) is 12.8 Å². The highest BCUT2D eigenvalue weighted by atomic mass is 16.5. The SMILES string of the molecule is COc1ccc(Cc2nc(C)c(C(=O)O)c(N)n2)cc1. The smallest absolute Gasteiger partial charge is 0.341 e. The number of nitrogen functional groups attached to an aromatic ring is 1. The van der Waals surface area contributed by atoms with E-state index in [2.05, 4.69) is 9.97 Å². The van der Waals surface area contributed by atoms with E-state index in [9.17, 15) is 4.79 Å². The molecule has 0 bridgehead atoms. The van der Waals surface area contributed by atoms with Gasteiger partial charge in [-0.15, -0.1) is 0 Å². The molecule has 0 saturated heterocycles. The number of benzene rings is 1. The predicted octanol–water partition coefficient (Wildman–Crippen LogP) is 1.66. The first-order valence-electron chi connectivity index (χ1n) is 6.00. The summed E-state index contributed by atoms with van der Waals surface area (Å²) in [5.74, 6) is 0.145. The average Bonchev–Trinajstić information content (AvgIpc) is 2.38. The highest BCUT2D eigenvalue weighted by Crippen LogP contribution is 2.17.